The Hall–Kier alpha value is -2.76. The molecular formula is C19H19FN2O3. The summed E-state index contributed by atoms with van der Waals surface area (Å²) in [7, 11) is 0. The van der Waals surface area contributed by atoms with Gasteiger partial charge in [-0.3, -0.25) is 14.9 Å². The van der Waals surface area contributed by atoms with E-state index in [0.29, 0.717) is 0 Å². The maximum atomic E-state index is 13.4. The molecule has 0 aromatic heterocycles. The molecule has 0 heterocycles. The molecule has 0 saturated heterocycles. The Morgan fingerprint density at radius 2 is 1.88 bits per heavy atom. The summed E-state index contributed by atoms with van der Waals surface area (Å²) in [5, 5.41) is 13.6. The van der Waals surface area contributed by atoms with Crippen LogP contribution in [-0.2, 0) is 12.8 Å². The van der Waals surface area contributed by atoms with Crippen LogP contribution in [0, 0.1) is 15.9 Å². The number of carbonyl (C=O) groups excluding carboxylic acids is 1. The van der Waals surface area contributed by atoms with Crippen molar-refractivity contribution in [2.45, 2.75) is 38.6 Å². The fourth-order valence-corrected chi connectivity index (χ4v) is 3.18. The van der Waals surface area contributed by atoms with Crippen LogP contribution in [0.4, 0.5) is 10.1 Å². The summed E-state index contributed by atoms with van der Waals surface area (Å²) in [6.45, 7) is 1.86. The van der Waals surface area contributed by atoms with Gasteiger partial charge in [0.2, 0.25) is 5.82 Å². The van der Waals surface area contributed by atoms with E-state index in [1.54, 1.807) is 0 Å². The number of benzene rings is 2. The predicted molar refractivity (Wildman–Crippen MR) is 92.0 cm³/mol. The summed E-state index contributed by atoms with van der Waals surface area (Å²) < 4.78 is 13.4. The van der Waals surface area contributed by atoms with E-state index < -0.39 is 22.3 Å². The van der Waals surface area contributed by atoms with E-state index >= 15 is 0 Å². The van der Waals surface area contributed by atoms with E-state index in [1.165, 1.54) is 30.0 Å². The molecule has 25 heavy (non-hydrogen) atoms. The summed E-state index contributed by atoms with van der Waals surface area (Å²) in [6.07, 6.45) is 4.53. The van der Waals surface area contributed by atoms with E-state index in [0.717, 1.165) is 30.5 Å². The van der Waals surface area contributed by atoms with Gasteiger partial charge in [0, 0.05) is 11.6 Å². The summed E-state index contributed by atoms with van der Waals surface area (Å²) in [4.78, 5) is 22.3. The molecule has 0 spiro atoms. The molecular weight excluding hydrogens is 323 g/mol. The van der Waals surface area contributed by atoms with Crippen LogP contribution in [-0.4, -0.2) is 10.8 Å². The Balaban J connectivity index is 1.76. The number of carbonyl (C=O) groups is 1. The molecule has 3 rings (SSSR count). The number of aryl methyl sites for hydroxylation is 2. The molecule has 1 N–H and O–H groups in total. The van der Waals surface area contributed by atoms with Crippen molar-refractivity contribution in [2.24, 2.45) is 0 Å². The van der Waals surface area contributed by atoms with Crippen LogP contribution in [0.1, 0.15) is 52.9 Å². The number of amides is 1. The Morgan fingerprint density at radius 3 is 2.60 bits per heavy atom. The molecule has 2 aromatic carbocycles. The van der Waals surface area contributed by atoms with Gasteiger partial charge in [0.1, 0.15) is 0 Å². The SMILES string of the molecule is C[C@@H](NC(=O)c1ccc(F)c([N+](=O)[O-])c1)c1ccc2c(c1)CCCC2. The smallest absolute Gasteiger partial charge is 0.305 e. The number of hydrogen-bond acceptors (Lipinski definition) is 3. The lowest BCUT2D eigenvalue weighted by atomic mass is 9.89. The highest BCUT2D eigenvalue weighted by Crippen LogP contribution is 2.25. The van der Waals surface area contributed by atoms with E-state index in [9.17, 15) is 19.3 Å². The van der Waals surface area contributed by atoms with Gasteiger partial charge in [-0.25, -0.2) is 0 Å². The maximum Gasteiger partial charge on any atom is 0.305 e. The molecule has 130 valence electrons. The largest absolute Gasteiger partial charge is 0.346 e. The van der Waals surface area contributed by atoms with Crippen molar-refractivity contribution in [3.8, 4) is 0 Å². The van der Waals surface area contributed by atoms with Crippen LogP contribution >= 0.6 is 0 Å². The highest BCUT2D eigenvalue weighted by Gasteiger charge is 2.19. The predicted octanol–water partition coefficient (Wildman–Crippen LogP) is 4.10. The van der Waals surface area contributed by atoms with Crippen LogP contribution in [0.25, 0.3) is 0 Å². The lowest BCUT2D eigenvalue weighted by Crippen LogP contribution is -2.27. The first-order valence-electron chi connectivity index (χ1n) is 8.32. The van der Waals surface area contributed by atoms with Crippen LogP contribution in [0.5, 0.6) is 0 Å². The molecule has 1 aliphatic carbocycles. The van der Waals surface area contributed by atoms with Crippen molar-refractivity contribution < 1.29 is 14.1 Å². The molecule has 2 aromatic rings. The fraction of sp³-hybridized carbons (Fsp3) is 0.316. The third kappa shape index (κ3) is 3.68. The molecule has 1 atom stereocenters. The quantitative estimate of drug-likeness (QED) is 0.671. The number of rotatable bonds is 4. The van der Waals surface area contributed by atoms with Gasteiger partial charge in [-0.2, -0.15) is 4.39 Å². The van der Waals surface area contributed by atoms with Crippen molar-refractivity contribution in [1.29, 1.82) is 0 Å². The zero-order valence-corrected chi connectivity index (χ0v) is 13.9. The first-order valence-corrected chi connectivity index (χ1v) is 8.32. The molecule has 0 aliphatic heterocycles. The lowest BCUT2D eigenvalue weighted by molar-refractivity contribution is -0.387. The topological polar surface area (TPSA) is 72.2 Å². The number of nitrogens with zero attached hydrogens (tertiary/aromatic N) is 1. The van der Waals surface area contributed by atoms with Crippen LogP contribution < -0.4 is 5.32 Å². The first-order chi connectivity index (χ1) is 12.0. The fourth-order valence-electron chi connectivity index (χ4n) is 3.18. The number of nitrogens with one attached hydrogen (secondary N) is 1. The van der Waals surface area contributed by atoms with E-state index in [2.05, 4.69) is 17.4 Å². The average Bonchev–Trinajstić information content (AvgIpc) is 2.61. The van der Waals surface area contributed by atoms with Crippen molar-refractivity contribution in [3.63, 3.8) is 0 Å². The first kappa shape index (κ1) is 17.1. The summed E-state index contributed by atoms with van der Waals surface area (Å²) in [5.74, 6) is -1.42. The molecule has 5 nitrogen and oxygen atoms in total. The normalized spacial score (nSPS) is 14.5. The van der Waals surface area contributed by atoms with Crippen LogP contribution in [0.3, 0.4) is 0 Å². The standard InChI is InChI=1S/C19H19FN2O3/c1-12(14-7-6-13-4-2-3-5-15(13)10-14)21-19(23)16-8-9-17(20)18(11-16)22(24)25/h6-12H,2-5H2,1H3,(H,21,23)/t12-/m1/s1. The van der Waals surface area contributed by atoms with Gasteiger partial charge in [0.15, 0.2) is 0 Å². The van der Waals surface area contributed by atoms with Crippen molar-refractivity contribution >= 4 is 11.6 Å². The molecule has 6 heteroatoms. The zero-order chi connectivity index (χ0) is 18.0. The van der Waals surface area contributed by atoms with E-state index in [1.807, 2.05) is 13.0 Å². The molecule has 1 aliphatic rings. The lowest BCUT2D eigenvalue weighted by Gasteiger charge is -2.20. The molecule has 0 bridgehead atoms. The molecule has 0 radical (unpaired) electrons. The van der Waals surface area contributed by atoms with Crippen molar-refractivity contribution in [3.05, 3.63) is 74.6 Å². The van der Waals surface area contributed by atoms with Crippen LogP contribution in [0.2, 0.25) is 0 Å². The second kappa shape index (κ2) is 7.01. The van der Waals surface area contributed by atoms with Crippen molar-refractivity contribution in [2.75, 3.05) is 0 Å². The van der Waals surface area contributed by atoms with Gasteiger partial charge < -0.3 is 5.32 Å². The van der Waals surface area contributed by atoms with Gasteiger partial charge in [-0.15, -0.1) is 0 Å². The Labute approximate surface area is 145 Å². The van der Waals surface area contributed by atoms with Crippen molar-refractivity contribution in [1.82, 2.24) is 5.32 Å². The summed E-state index contributed by atoms with van der Waals surface area (Å²) >= 11 is 0. The number of hydrogen-bond donors (Lipinski definition) is 1. The minimum absolute atomic E-state index is 0.0675. The number of nitro benzene ring substituents is 1. The zero-order valence-electron chi connectivity index (χ0n) is 13.9. The molecule has 1 amide bonds. The highest BCUT2D eigenvalue weighted by atomic mass is 19.1. The number of halogens is 1. The monoisotopic (exact) mass is 342 g/mol. The minimum Gasteiger partial charge on any atom is -0.346 e. The minimum atomic E-state index is -0.954. The highest BCUT2D eigenvalue weighted by molar-refractivity contribution is 5.95. The molecule has 0 fully saturated rings. The number of fused-ring (bicyclic) bond motifs is 1. The van der Waals surface area contributed by atoms with Gasteiger partial charge >= 0.3 is 5.69 Å². The van der Waals surface area contributed by atoms with E-state index in [-0.39, 0.29) is 11.6 Å². The second-order valence-corrected chi connectivity index (χ2v) is 6.35. The van der Waals surface area contributed by atoms with Crippen LogP contribution in [0.15, 0.2) is 36.4 Å². The number of nitro groups is 1. The second-order valence-electron chi connectivity index (χ2n) is 6.35. The molecule has 0 saturated carbocycles. The summed E-state index contributed by atoms with van der Waals surface area (Å²) in [6, 6.07) is 9.13. The van der Waals surface area contributed by atoms with Gasteiger partial charge in [-0.05, 0) is 61.4 Å². The Bertz CT molecular complexity index is 835. The Kier molecular flexibility index (Phi) is 4.79. The molecule has 0 unspecified atom stereocenters. The summed E-state index contributed by atoms with van der Waals surface area (Å²) in [5.41, 5.74) is 3.04. The van der Waals surface area contributed by atoms with Gasteiger partial charge in [0.05, 0.1) is 11.0 Å². The average molecular weight is 342 g/mol. The van der Waals surface area contributed by atoms with Gasteiger partial charge in [0.25, 0.3) is 5.91 Å². The van der Waals surface area contributed by atoms with Gasteiger partial charge in [-0.1, -0.05) is 18.2 Å². The van der Waals surface area contributed by atoms with E-state index in [4.69, 9.17) is 0 Å². The third-order valence-electron chi connectivity index (χ3n) is 4.63. The maximum absolute atomic E-state index is 13.4. The third-order valence-corrected chi connectivity index (χ3v) is 4.63. The Morgan fingerprint density at radius 1 is 1.16 bits per heavy atom.